The van der Waals surface area contributed by atoms with Crippen molar-refractivity contribution in [2.45, 2.75) is 20.4 Å². The highest BCUT2D eigenvalue weighted by atomic mass is 16.5. The zero-order chi connectivity index (χ0) is 16.6. The molecule has 2 aromatic rings. The lowest BCUT2D eigenvalue weighted by Crippen LogP contribution is -2.37. The number of hydrogen-bond acceptors (Lipinski definition) is 6. The van der Waals surface area contributed by atoms with Gasteiger partial charge in [-0.1, -0.05) is 11.2 Å². The minimum Gasteiger partial charge on any atom is -0.380 e. The summed E-state index contributed by atoms with van der Waals surface area (Å²) in [4.78, 5) is 6.88. The van der Waals surface area contributed by atoms with Crippen molar-refractivity contribution in [2.24, 2.45) is 11.3 Å². The number of fused-ring (bicyclic) bond motifs is 1. The maximum atomic E-state index is 5.82. The van der Waals surface area contributed by atoms with Crippen molar-refractivity contribution in [3.63, 3.8) is 0 Å². The molecule has 4 heterocycles. The van der Waals surface area contributed by atoms with E-state index in [4.69, 9.17) is 9.26 Å². The average molecular weight is 328 g/mol. The lowest BCUT2D eigenvalue weighted by Gasteiger charge is -2.28. The van der Waals surface area contributed by atoms with Crippen LogP contribution in [0.25, 0.3) is 0 Å². The van der Waals surface area contributed by atoms with Crippen molar-refractivity contribution < 1.29 is 9.26 Å². The second-order valence-electron chi connectivity index (χ2n) is 7.12. The van der Waals surface area contributed by atoms with Gasteiger partial charge in [-0.05, 0) is 26.0 Å². The highest BCUT2D eigenvalue weighted by molar-refractivity contribution is 5.34. The Hall–Kier alpha value is -1.92. The van der Waals surface area contributed by atoms with Gasteiger partial charge in [0, 0.05) is 49.3 Å². The summed E-state index contributed by atoms with van der Waals surface area (Å²) >= 11 is 0. The highest BCUT2D eigenvalue weighted by Crippen LogP contribution is 2.42. The Kier molecular flexibility index (Phi) is 4.02. The molecule has 1 N–H and O–H groups in total. The van der Waals surface area contributed by atoms with E-state index in [9.17, 15) is 0 Å². The van der Waals surface area contributed by atoms with Crippen LogP contribution in [-0.4, -0.2) is 47.9 Å². The standard InChI is InChI=1S/C18H24N4O2/c1-13-16(14(2)24-21-13)8-22-7-15-9-23-12-18(15,11-22)10-20-17-5-3-4-6-19-17/h3-6,15H,7-12H2,1-2H3,(H,19,20)/t15-,18+/m1/s1. The molecule has 6 heteroatoms. The number of aromatic nitrogens is 2. The smallest absolute Gasteiger partial charge is 0.138 e. The van der Waals surface area contributed by atoms with E-state index in [0.717, 1.165) is 56.7 Å². The third-order valence-corrected chi connectivity index (χ3v) is 5.44. The van der Waals surface area contributed by atoms with Crippen molar-refractivity contribution in [2.75, 3.05) is 38.2 Å². The van der Waals surface area contributed by atoms with Crippen LogP contribution < -0.4 is 5.32 Å². The van der Waals surface area contributed by atoms with E-state index in [2.05, 4.69) is 20.4 Å². The summed E-state index contributed by atoms with van der Waals surface area (Å²) in [6, 6.07) is 5.96. The van der Waals surface area contributed by atoms with Gasteiger partial charge in [0.15, 0.2) is 0 Å². The van der Waals surface area contributed by atoms with Crippen LogP contribution in [0.2, 0.25) is 0 Å². The Balaban J connectivity index is 1.45. The van der Waals surface area contributed by atoms with Crippen LogP contribution in [-0.2, 0) is 11.3 Å². The van der Waals surface area contributed by atoms with E-state index in [1.165, 1.54) is 5.56 Å². The number of nitrogens with one attached hydrogen (secondary N) is 1. The molecule has 2 aromatic heterocycles. The maximum Gasteiger partial charge on any atom is 0.138 e. The van der Waals surface area contributed by atoms with Crippen LogP contribution in [0.5, 0.6) is 0 Å². The van der Waals surface area contributed by atoms with E-state index in [0.29, 0.717) is 5.92 Å². The Labute approximate surface area is 142 Å². The van der Waals surface area contributed by atoms with Gasteiger partial charge in [-0.2, -0.15) is 0 Å². The van der Waals surface area contributed by atoms with Crippen LogP contribution >= 0.6 is 0 Å². The molecule has 24 heavy (non-hydrogen) atoms. The van der Waals surface area contributed by atoms with Crippen molar-refractivity contribution >= 4 is 5.82 Å². The minimum absolute atomic E-state index is 0.163. The van der Waals surface area contributed by atoms with Crippen molar-refractivity contribution in [1.82, 2.24) is 15.0 Å². The summed E-state index contributed by atoms with van der Waals surface area (Å²) in [5, 5.41) is 7.58. The predicted molar refractivity (Wildman–Crippen MR) is 90.7 cm³/mol. The first-order chi connectivity index (χ1) is 11.7. The summed E-state index contributed by atoms with van der Waals surface area (Å²) < 4.78 is 11.1. The molecule has 0 radical (unpaired) electrons. The van der Waals surface area contributed by atoms with Crippen LogP contribution in [0.4, 0.5) is 5.82 Å². The fraction of sp³-hybridized carbons (Fsp3) is 0.556. The van der Waals surface area contributed by atoms with Crippen LogP contribution in [0.3, 0.4) is 0 Å². The molecule has 2 aliphatic heterocycles. The first-order valence-corrected chi connectivity index (χ1v) is 8.53. The van der Waals surface area contributed by atoms with Gasteiger partial charge in [0.05, 0.1) is 18.9 Å². The van der Waals surface area contributed by atoms with E-state index in [1.54, 1.807) is 0 Å². The van der Waals surface area contributed by atoms with E-state index >= 15 is 0 Å². The molecule has 2 fully saturated rings. The monoisotopic (exact) mass is 328 g/mol. The van der Waals surface area contributed by atoms with Crippen molar-refractivity contribution in [3.05, 3.63) is 41.4 Å². The van der Waals surface area contributed by atoms with Gasteiger partial charge in [0.2, 0.25) is 0 Å². The first-order valence-electron chi connectivity index (χ1n) is 8.53. The fourth-order valence-corrected chi connectivity index (χ4v) is 4.00. The third-order valence-electron chi connectivity index (χ3n) is 5.44. The second-order valence-corrected chi connectivity index (χ2v) is 7.12. The summed E-state index contributed by atoms with van der Waals surface area (Å²) in [7, 11) is 0. The van der Waals surface area contributed by atoms with Crippen LogP contribution in [0, 0.1) is 25.2 Å². The number of ether oxygens (including phenoxy) is 1. The molecule has 2 aliphatic rings. The lowest BCUT2D eigenvalue weighted by atomic mass is 9.81. The summed E-state index contributed by atoms with van der Waals surface area (Å²) in [6.07, 6.45) is 1.82. The molecule has 0 aliphatic carbocycles. The molecule has 0 amide bonds. The quantitative estimate of drug-likeness (QED) is 0.908. The van der Waals surface area contributed by atoms with Gasteiger partial charge in [-0.3, -0.25) is 4.90 Å². The van der Waals surface area contributed by atoms with Crippen molar-refractivity contribution in [1.29, 1.82) is 0 Å². The molecule has 0 bridgehead atoms. The topological polar surface area (TPSA) is 63.4 Å². The van der Waals surface area contributed by atoms with Gasteiger partial charge >= 0.3 is 0 Å². The minimum atomic E-state index is 0.163. The molecule has 0 saturated carbocycles. The van der Waals surface area contributed by atoms with Gasteiger partial charge in [0.25, 0.3) is 0 Å². The molecular weight excluding hydrogens is 304 g/mol. The summed E-state index contributed by atoms with van der Waals surface area (Å²) in [5.74, 6) is 2.43. The summed E-state index contributed by atoms with van der Waals surface area (Å²) in [5.41, 5.74) is 2.39. The van der Waals surface area contributed by atoms with Crippen LogP contribution in [0.1, 0.15) is 17.0 Å². The van der Waals surface area contributed by atoms with Crippen molar-refractivity contribution in [3.8, 4) is 0 Å². The Morgan fingerprint density at radius 3 is 3.04 bits per heavy atom. The Morgan fingerprint density at radius 1 is 1.38 bits per heavy atom. The SMILES string of the molecule is Cc1noc(C)c1CN1C[C@@H]2COC[C@]2(CNc2ccccn2)C1. The molecule has 0 aromatic carbocycles. The first kappa shape index (κ1) is 15.6. The maximum absolute atomic E-state index is 5.82. The Morgan fingerprint density at radius 2 is 2.29 bits per heavy atom. The molecule has 2 saturated heterocycles. The average Bonchev–Trinajstić information content (AvgIpc) is 3.22. The largest absolute Gasteiger partial charge is 0.380 e. The van der Waals surface area contributed by atoms with Gasteiger partial charge in [0.1, 0.15) is 11.6 Å². The number of hydrogen-bond donors (Lipinski definition) is 1. The zero-order valence-corrected chi connectivity index (χ0v) is 14.3. The zero-order valence-electron chi connectivity index (χ0n) is 14.3. The van der Waals surface area contributed by atoms with E-state index in [-0.39, 0.29) is 5.41 Å². The Bertz CT molecular complexity index is 683. The lowest BCUT2D eigenvalue weighted by molar-refractivity contribution is 0.131. The summed E-state index contributed by atoms with van der Waals surface area (Å²) in [6.45, 7) is 9.57. The van der Waals surface area contributed by atoms with Gasteiger partial charge < -0.3 is 14.6 Å². The van der Waals surface area contributed by atoms with Gasteiger partial charge in [-0.25, -0.2) is 4.98 Å². The number of pyridine rings is 1. The number of nitrogens with zero attached hydrogens (tertiary/aromatic N) is 3. The molecule has 2 atom stereocenters. The molecular formula is C18H24N4O2. The normalized spacial score (nSPS) is 26.7. The highest BCUT2D eigenvalue weighted by Gasteiger charge is 2.50. The van der Waals surface area contributed by atoms with Gasteiger partial charge in [-0.15, -0.1) is 0 Å². The second kappa shape index (κ2) is 6.18. The van der Waals surface area contributed by atoms with Crippen LogP contribution in [0.15, 0.2) is 28.9 Å². The third kappa shape index (κ3) is 2.80. The molecule has 128 valence electrons. The molecule has 6 nitrogen and oxygen atoms in total. The molecule has 0 unspecified atom stereocenters. The number of anilines is 1. The number of likely N-dealkylation sites (tertiary alicyclic amines) is 1. The molecule has 4 rings (SSSR count). The van der Waals surface area contributed by atoms with E-state index < -0.39 is 0 Å². The fourth-order valence-electron chi connectivity index (χ4n) is 4.00. The predicted octanol–water partition coefficient (Wildman–Crippen LogP) is 2.25. The molecule has 0 spiro atoms. The van der Waals surface area contributed by atoms with E-state index in [1.807, 2.05) is 38.2 Å². The number of aryl methyl sites for hydroxylation is 2. The number of rotatable bonds is 5.